The summed E-state index contributed by atoms with van der Waals surface area (Å²) in [6.45, 7) is 0. The zero-order chi connectivity index (χ0) is 13.0. The van der Waals surface area contributed by atoms with Gasteiger partial charge >= 0.3 is 11.9 Å². The Morgan fingerprint density at radius 1 is 1.59 bits per heavy atom. The molecule has 0 aromatic heterocycles. The molecule has 0 saturated carbocycles. The predicted molar refractivity (Wildman–Crippen MR) is 57.5 cm³/mol. The lowest BCUT2D eigenvalue weighted by atomic mass is 10.2. The fourth-order valence-corrected chi connectivity index (χ4v) is 1.96. The molecule has 0 aliphatic carbocycles. The summed E-state index contributed by atoms with van der Waals surface area (Å²) in [5.41, 5.74) is 0. The van der Waals surface area contributed by atoms with Crippen molar-refractivity contribution >= 4 is 23.7 Å². The van der Waals surface area contributed by atoms with Crippen molar-refractivity contribution in [3.63, 3.8) is 0 Å². The van der Waals surface area contributed by atoms with Gasteiger partial charge in [0.25, 0.3) is 0 Å². The molecule has 0 radical (unpaired) electrons. The van der Waals surface area contributed by atoms with E-state index in [1.165, 1.54) is 7.11 Å². The Balaban J connectivity index is 2.42. The van der Waals surface area contributed by atoms with Gasteiger partial charge in [0.2, 0.25) is 5.76 Å². The summed E-state index contributed by atoms with van der Waals surface area (Å²) in [6, 6.07) is 0. The van der Waals surface area contributed by atoms with E-state index in [0.717, 1.165) is 11.8 Å². The van der Waals surface area contributed by atoms with Gasteiger partial charge in [0, 0.05) is 5.75 Å². The van der Waals surface area contributed by atoms with E-state index >= 15 is 0 Å². The van der Waals surface area contributed by atoms with Crippen LogP contribution in [0.3, 0.4) is 0 Å². The molecule has 1 heterocycles. The van der Waals surface area contributed by atoms with Crippen molar-refractivity contribution in [2.24, 2.45) is 0 Å². The zero-order valence-electron chi connectivity index (χ0n) is 8.95. The van der Waals surface area contributed by atoms with Crippen LogP contribution in [0.1, 0.15) is 0 Å². The third kappa shape index (κ3) is 3.27. The highest BCUT2D eigenvalue weighted by Gasteiger charge is 2.39. The van der Waals surface area contributed by atoms with Crippen LogP contribution in [-0.4, -0.2) is 58.1 Å². The zero-order valence-corrected chi connectivity index (χ0v) is 9.77. The third-order valence-electron chi connectivity index (χ3n) is 2.03. The fraction of sp³-hybridized carbons (Fsp3) is 0.556. The topological polar surface area (TPSA) is 113 Å². The number of rotatable bonds is 5. The summed E-state index contributed by atoms with van der Waals surface area (Å²) in [5.74, 6) is -3.04. The lowest BCUT2D eigenvalue weighted by Gasteiger charge is -2.16. The van der Waals surface area contributed by atoms with Crippen LogP contribution in [0.2, 0.25) is 0 Å². The Morgan fingerprint density at radius 3 is 2.71 bits per heavy atom. The Labute approximate surface area is 101 Å². The van der Waals surface area contributed by atoms with E-state index in [1.54, 1.807) is 0 Å². The molecule has 2 unspecified atom stereocenters. The molecule has 0 bridgehead atoms. The van der Waals surface area contributed by atoms with Crippen molar-refractivity contribution in [1.82, 2.24) is 0 Å². The van der Waals surface area contributed by atoms with E-state index in [9.17, 15) is 19.8 Å². The molecule has 7 nitrogen and oxygen atoms in total. The minimum absolute atomic E-state index is 0.0324. The van der Waals surface area contributed by atoms with Gasteiger partial charge in [-0.3, -0.25) is 4.79 Å². The van der Waals surface area contributed by atoms with Crippen molar-refractivity contribution in [3.8, 4) is 0 Å². The van der Waals surface area contributed by atoms with E-state index in [0.29, 0.717) is 0 Å². The van der Waals surface area contributed by atoms with E-state index < -0.39 is 35.7 Å². The van der Waals surface area contributed by atoms with Gasteiger partial charge in [-0.05, 0) is 0 Å². The minimum Gasteiger partial charge on any atom is -0.505 e. The predicted octanol–water partition coefficient (Wildman–Crippen LogP) is -0.493. The number of thioether (sulfide) groups is 1. The van der Waals surface area contributed by atoms with E-state index in [1.807, 2.05) is 0 Å². The smallest absolute Gasteiger partial charge is 0.377 e. The van der Waals surface area contributed by atoms with Gasteiger partial charge in [-0.25, -0.2) is 4.79 Å². The Kier molecular flexibility index (Phi) is 4.64. The summed E-state index contributed by atoms with van der Waals surface area (Å²) in [5, 5.41) is 27.9. The minimum atomic E-state index is -1.28. The molecule has 0 saturated heterocycles. The van der Waals surface area contributed by atoms with Gasteiger partial charge in [0.15, 0.2) is 11.9 Å². The number of methoxy groups -OCH3 is 1. The van der Waals surface area contributed by atoms with Crippen LogP contribution in [0, 0.1) is 0 Å². The lowest BCUT2D eigenvalue weighted by Crippen LogP contribution is -2.31. The third-order valence-corrected chi connectivity index (χ3v) is 3.04. The first-order chi connectivity index (χ1) is 7.97. The number of cyclic esters (lactones) is 1. The van der Waals surface area contributed by atoms with Crippen LogP contribution in [0.25, 0.3) is 0 Å². The summed E-state index contributed by atoms with van der Waals surface area (Å²) in [7, 11) is 1.24. The molecule has 1 aliphatic rings. The molecule has 17 heavy (non-hydrogen) atoms. The lowest BCUT2D eigenvalue weighted by molar-refractivity contribution is -0.146. The molecule has 2 atom stereocenters. The van der Waals surface area contributed by atoms with E-state index in [-0.39, 0.29) is 11.5 Å². The second-order valence-corrected chi connectivity index (χ2v) is 4.25. The average molecular weight is 264 g/mol. The molecule has 1 rings (SSSR count). The first-order valence-corrected chi connectivity index (χ1v) is 5.78. The van der Waals surface area contributed by atoms with Crippen molar-refractivity contribution in [3.05, 3.63) is 11.5 Å². The van der Waals surface area contributed by atoms with Gasteiger partial charge in [-0.1, -0.05) is 0 Å². The van der Waals surface area contributed by atoms with Crippen molar-refractivity contribution in [2.75, 3.05) is 18.6 Å². The van der Waals surface area contributed by atoms with Crippen LogP contribution < -0.4 is 0 Å². The number of carbonyl (C=O) groups is 2. The van der Waals surface area contributed by atoms with Crippen molar-refractivity contribution in [2.45, 2.75) is 12.2 Å². The van der Waals surface area contributed by atoms with Gasteiger partial charge in [-0.2, -0.15) is 0 Å². The molecule has 0 amide bonds. The average Bonchev–Trinajstić information content (AvgIpc) is 2.56. The second kappa shape index (κ2) is 5.78. The normalized spacial score (nSPS) is 21.3. The maximum Gasteiger partial charge on any atom is 0.377 e. The van der Waals surface area contributed by atoms with Crippen LogP contribution in [-0.2, 0) is 19.1 Å². The van der Waals surface area contributed by atoms with Crippen molar-refractivity contribution in [1.29, 1.82) is 0 Å². The highest BCUT2D eigenvalue weighted by Crippen LogP contribution is 2.23. The fourth-order valence-electron chi connectivity index (χ4n) is 1.14. The first-order valence-electron chi connectivity index (χ1n) is 4.63. The molecule has 0 fully saturated rings. The van der Waals surface area contributed by atoms with Crippen LogP contribution in [0.5, 0.6) is 0 Å². The maximum absolute atomic E-state index is 10.8. The van der Waals surface area contributed by atoms with Gasteiger partial charge in [0.1, 0.15) is 6.10 Å². The number of esters is 2. The molecule has 3 N–H and O–H groups in total. The molecular formula is C9H12O7S. The number of hydrogen-bond donors (Lipinski definition) is 3. The maximum atomic E-state index is 10.8. The summed E-state index contributed by atoms with van der Waals surface area (Å²) >= 11 is 1.05. The molecular weight excluding hydrogens is 252 g/mol. The Hall–Kier alpha value is -1.41. The largest absolute Gasteiger partial charge is 0.505 e. The summed E-state index contributed by atoms with van der Waals surface area (Å²) in [4.78, 5) is 21.6. The summed E-state index contributed by atoms with van der Waals surface area (Å²) in [6.07, 6.45) is -2.49. The number of ether oxygens (including phenoxy) is 2. The van der Waals surface area contributed by atoms with Crippen molar-refractivity contribution < 1.29 is 34.4 Å². The summed E-state index contributed by atoms with van der Waals surface area (Å²) < 4.78 is 8.93. The Bertz CT molecular complexity index is 351. The number of aliphatic hydroxyl groups is 3. The highest BCUT2D eigenvalue weighted by molar-refractivity contribution is 7.99. The number of hydrogen-bond acceptors (Lipinski definition) is 8. The second-order valence-electron chi connectivity index (χ2n) is 3.22. The van der Waals surface area contributed by atoms with Crippen LogP contribution in [0.15, 0.2) is 11.5 Å². The van der Waals surface area contributed by atoms with Gasteiger partial charge in [0.05, 0.1) is 12.9 Å². The number of aliphatic hydroxyl groups excluding tert-OH is 3. The quantitative estimate of drug-likeness (QED) is 0.570. The van der Waals surface area contributed by atoms with Gasteiger partial charge in [-0.15, -0.1) is 11.8 Å². The molecule has 0 aromatic rings. The molecule has 8 heteroatoms. The molecule has 0 aromatic carbocycles. The van der Waals surface area contributed by atoms with Crippen LogP contribution in [0.4, 0.5) is 0 Å². The monoisotopic (exact) mass is 264 g/mol. The van der Waals surface area contributed by atoms with E-state index in [4.69, 9.17) is 5.11 Å². The molecule has 1 aliphatic heterocycles. The highest BCUT2D eigenvalue weighted by atomic mass is 32.2. The molecule has 96 valence electrons. The SMILES string of the molecule is COC(=O)CSCC(O)C1OC(=O)C(O)=C1O. The Morgan fingerprint density at radius 2 is 2.24 bits per heavy atom. The number of carbonyl (C=O) groups excluding carboxylic acids is 2. The van der Waals surface area contributed by atoms with Gasteiger partial charge < -0.3 is 24.8 Å². The molecule has 0 spiro atoms. The first kappa shape index (κ1) is 13.7. The van der Waals surface area contributed by atoms with Crippen LogP contribution >= 0.6 is 11.8 Å². The van der Waals surface area contributed by atoms with E-state index in [2.05, 4.69) is 9.47 Å². The standard InChI is InChI=1S/C9H12O7S/c1-15-5(11)3-17-2-4(10)8-6(12)7(13)9(14)16-8/h4,8,10,12-13H,2-3H2,1H3.